The minimum atomic E-state index is -0.166. The number of hydrogen-bond donors (Lipinski definition) is 3. The molecule has 0 fully saturated rings. The Balaban J connectivity index is 2.34. The number of aryl methyl sites for hydroxylation is 2. The smallest absolute Gasteiger partial charge is 0.314 e. The molecule has 0 atom stereocenters. The monoisotopic (exact) mass is 296 g/mol. The average molecular weight is 296 g/mol. The molecule has 0 spiro atoms. The number of amides is 2. The Kier molecular flexibility index (Phi) is 6.20. The highest BCUT2D eigenvalue weighted by atomic mass is 16.3. The number of hydrogen-bond acceptors (Lipinski definition) is 3. The number of aliphatic hydroxyl groups is 1. The van der Waals surface area contributed by atoms with Crippen molar-refractivity contribution in [3.63, 3.8) is 0 Å². The SMILES string of the molecule is Cc1nn(C)c(C)c1CCNC(=O)NCC(C)(C)CCO. The lowest BCUT2D eigenvalue weighted by Gasteiger charge is -2.23. The van der Waals surface area contributed by atoms with Crippen molar-refractivity contribution in [3.05, 3.63) is 17.0 Å². The molecule has 0 radical (unpaired) electrons. The molecule has 0 unspecified atom stereocenters. The van der Waals surface area contributed by atoms with E-state index in [1.54, 1.807) is 0 Å². The third-order valence-electron chi connectivity index (χ3n) is 3.84. The van der Waals surface area contributed by atoms with Crippen LogP contribution in [0.5, 0.6) is 0 Å². The summed E-state index contributed by atoms with van der Waals surface area (Å²) < 4.78 is 1.86. The van der Waals surface area contributed by atoms with Crippen molar-refractivity contribution in [2.45, 2.75) is 40.5 Å². The van der Waals surface area contributed by atoms with Gasteiger partial charge in [-0.1, -0.05) is 13.8 Å². The van der Waals surface area contributed by atoms with E-state index in [2.05, 4.69) is 15.7 Å². The van der Waals surface area contributed by atoms with Gasteiger partial charge in [0.15, 0.2) is 0 Å². The average Bonchev–Trinajstić information content (AvgIpc) is 2.63. The molecule has 21 heavy (non-hydrogen) atoms. The Hall–Kier alpha value is -1.56. The molecule has 120 valence electrons. The zero-order chi connectivity index (χ0) is 16.0. The number of carbonyl (C=O) groups excluding carboxylic acids is 1. The maximum atomic E-state index is 11.8. The van der Waals surface area contributed by atoms with Crippen LogP contribution in [0, 0.1) is 19.3 Å². The second-order valence-corrected chi connectivity index (χ2v) is 6.27. The Bertz CT molecular complexity index is 480. The van der Waals surface area contributed by atoms with Gasteiger partial charge in [0.2, 0.25) is 0 Å². The quantitative estimate of drug-likeness (QED) is 0.709. The highest BCUT2D eigenvalue weighted by Gasteiger charge is 2.18. The minimum absolute atomic E-state index is 0.0946. The van der Waals surface area contributed by atoms with E-state index in [4.69, 9.17) is 5.11 Å². The summed E-state index contributed by atoms with van der Waals surface area (Å²) in [6.45, 7) is 9.32. The molecule has 0 aromatic carbocycles. The van der Waals surface area contributed by atoms with E-state index in [0.717, 1.165) is 17.8 Å². The molecule has 0 bridgehead atoms. The summed E-state index contributed by atoms with van der Waals surface area (Å²) >= 11 is 0. The normalized spacial score (nSPS) is 11.5. The van der Waals surface area contributed by atoms with Gasteiger partial charge in [-0.25, -0.2) is 4.79 Å². The second-order valence-electron chi connectivity index (χ2n) is 6.27. The first kappa shape index (κ1) is 17.5. The topological polar surface area (TPSA) is 79.2 Å². The fourth-order valence-corrected chi connectivity index (χ4v) is 2.25. The zero-order valence-corrected chi connectivity index (χ0v) is 13.8. The molecule has 6 heteroatoms. The van der Waals surface area contributed by atoms with Gasteiger partial charge in [0.25, 0.3) is 0 Å². The molecular weight excluding hydrogens is 268 g/mol. The predicted octanol–water partition coefficient (Wildman–Crippen LogP) is 1.29. The number of aromatic nitrogens is 2. The van der Waals surface area contributed by atoms with Crippen LogP contribution in [-0.4, -0.2) is 40.6 Å². The van der Waals surface area contributed by atoms with Gasteiger partial charge in [-0.2, -0.15) is 5.10 Å². The number of nitrogens with zero attached hydrogens (tertiary/aromatic N) is 2. The van der Waals surface area contributed by atoms with Crippen molar-refractivity contribution >= 4 is 6.03 Å². The molecule has 2 amide bonds. The first-order valence-corrected chi connectivity index (χ1v) is 7.38. The number of nitrogens with one attached hydrogen (secondary N) is 2. The van der Waals surface area contributed by atoms with Crippen molar-refractivity contribution in [3.8, 4) is 0 Å². The summed E-state index contributed by atoms with van der Waals surface area (Å²) in [6.07, 6.45) is 1.44. The van der Waals surface area contributed by atoms with Crippen molar-refractivity contribution in [2.75, 3.05) is 19.7 Å². The van der Waals surface area contributed by atoms with Gasteiger partial charge >= 0.3 is 6.03 Å². The second kappa shape index (κ2) is 7.45. The van der Waals surface area contributed by atoms with Gasteiger partial charge in [-0.15, -0.1) is 0 Å². The number of carbonyl (C=O) groups is 1. The van der Waals surface area contributed by atoms with Crippen molar-refractivity contribution < 1.29 is 9.90 Å². The fourth-order valence-electron chi connectivity index (χ4n) is 2.25. The lowest BCUT2D eigenvalue weighted by molar-refractivity contribution is 0.201. The van der Waals surface area contributed by atoms with E-state index in [-0.39, 0.29) is 18.1 Å². The molecule has 3 N–H and O–H groups in total. The molecule has 0 saturated carbocycles. The summed E-state index contributed by atoms with van der Waals surface area (Å²) in [5.74, 6) is 0. The molecule has 1 heterocycles. The van der Waals surface area contributed by atoms with Crippen molar-refractivity contribution in [1.29, 1.82) is 0 Å². The van der Waals surface area contributed by atoms with Crippen LogP contribution in [0.25, 0.3) is 0 Å². The van der Waals surface area contributed by atoms with Crippen molar-refractivity contribution in [1.82, 2.24) is 20.4 Å². The lowest BCUT2D eigenvalue weighted by atomic mass is 9.90. The maximum absolute atomic E-state index is 11.8. The molecule has 1 aromatic heterocycles. The van der Waals surface area contributed by atoms with Crippen LogP contribution >= 0.6 is 0 Å². The number of rotatable bonds is 7. The van der Waals surface area contributed by atoms with Gasteiger partial charge in [0.05, 0.1) is 5.69 Å². The Morgan fingerprint density at radius 2 is 2.00 bits per heavy atom. The zero-order valence-electron chi connectivity index (χ0n) is 13.8. The molecule has 6 nitrogen and oxygen atoms in total. The van der Waals surface area contributed by atoms with Crippen LogP contribution in [0.3, 0.4) is 0 Å². The summed E-state index contributed by atoms with van der Waals surface area (Å²) in [4.78, 5) is 11.8. The molecule has 0 aliphatic rings. The van der Waals surface area contributed by atoms with Gasteiger partial charge < -0.3 is 15.7 Å². The summed E-state index contributed by atoms with van der Waals surface area (Å²) in [5, 5.41) is 19.0. The summed E-state index contributed by atoms with van der Waals surface area (Å²) in [6, 6.07) is -0.166. The Labute approximate surface area is 126 Å². The highest BCUT2D eigenvalue weighted by Crippen LogP contribution is 2.17. The lowest BCUT2D eigenvalue weighted by Crippen LogP contribution is -2.41. The van der Waals surface area contributed by atoms with Gasteiger partial charge in [0, 0.05) is 32.4 Å². The van der Waals surface area contributed by atoms with Crippen LogP contribution in [0.2, 0.25) is 0 Å². The third kappa shape index (κ3) is 5.38. The standard InChI is InChI=1S/C15H28N4O2/c1-11-13(12(2)19(5)18-11)6-8-16-14(21)17-10-15(3,4)7-9-20/h20H,6-10H2,1-5H3,(H2,16,17,21). The molecule has 1 aromatic rings. The predicted molar refractivity (Wildman–Crippen MR) is 83.3 cm³/mol. The van der Waals surface area contributed by atoms with Gasteiger partial charge in [0.1, 0.15) is 0 Å². The van der Waals surface area contributed by atoms with Crippen LogP contribution in [0.4, 0.5) is 4.79 Å². The van der Waals surface area contributed by atoms with E-state index in [9.17, 15) is 4.79 Å². The number of aliphatic hydroxyl groups excluding tert-OH is 1. The van der Waals surface area contributed by atoms with Crippen molar-refractivity contribution in [2.24, 2.45) is 12.5 Å². The molecule has 0 aliphatic carbocycles. The number of urea groups is 1. The first-order valence-electron chi connectivity index (χ1n) is 7.38. The van der Waals surface area contributed by atoms with E-state index in [1.165, 1.54) is 5.56 Å². The van der Waals surface area contributed by atoms with E-state index >= 15 is 0 Å². The van der Waals surface area contributed by atoms with E-state index in [1.807, 2.05) is 39.4 Å². The maximum Gasteiger partial charge on any atom is 0.314 e. The molecule has 1 rings (SSSR count). The Morgan fingerprint density at radius 1 is 1.33 bits per heavy atom. The van der Waals surface area contributed by atoms with Gasteiger partial charge in [-0.3, -0.25) is 4.68 Å². The van der Waals surface area contributed by atoms with Crippen LogP contribution in [0.15, 0.2) is 0 Å². The van der Waals surface area contributed by atoms with E-state index < -0.39 is 0 Å². The van der Waals surface area contributed by atoms with E-state index in [0.29, 0.717) is 19.5 Å². The largest absolute Gasteiger partial charge is 0.396 e. The van der Waals surface area contributed by atoms with Crippen LogP contribution in [0.1, 0.15) is 37.2 Å². The van der Waals surface area contributed by atoms with Crippen LogP contribution < -0.4 is 10.6 Å². The molecular formula is C15H28N4O2. The summed E-state index contributed by atoms with van der Waals surface area (Å²) in [7, 11) is 1.93. The molecule has 0 aliphatic heterocycles. The van der Waals surface area contributed by atoms with Gasteiger partial charge in [-0.05, 0) is 37.7 Å². The third-order valence-corrected chi connectivity index (χ3v) is 3.84. The Morgan fingerprint density at radius 3 is 2.52 bits per heavy atom. The highest BCUT2D eigenvalue weighted by molar-refractivity contribution is 5.73. The first-order chi connectivity index (χ1) is 9.76. The van der Waals surface area contributed by atoms with Crippen LogP contribution in [-0.2, 0) is 13.5 Å². The fraction of sp³-hybridized carbons (Fsp3) is 0.733. The summed E-state index contributed by atoms with van der Waals surface area (Å²) in [5.41, 5.74) is 3.25. The minimum Gasteiger partial charge on any atom is -0.396 e. The molecule has 0 saturated heterocycles.